The first-order valence-corrected chi connectivity index (χ1v) is 4.41. The molecule has 10 heavy (non-hydrogen) atoms. The van der Waals surface area contributed by atoms with Gasteiger partial charge >= 0.3 is 0 Å². The summed E-state index contributed by atoms with van der Waals surface area (Å²) in [5.74, 6) is -0.111. The van der Waals surface area contributed by atoms with E-state index in [2.05, 4.69) is 15.9 Å². The monoisotopic (exact) mass is 204 g/mol. The molecule has 0 aromatic heterocycles. The number of allylic oxidation sites excluding steroid dienone is 3. The number of hydrogen-bond donors (Lipinski definition) is 0. The standard InChI is InChI=1S/C8H10BrF/c9-6-8(10)7-4-2-1-3-5-7/h4,6H,1-3,5H2/b8-6-. The van der Waals surface area contributed by atoms with Crippen molar-refractivity contribution in [1.29, 1.82) is 0 Å². The van der Waals surface area contributed by atoms with E-state index in [1.54, 1.807) is 0 Å². The van der Waals surface area contributed by atoms with Crippen LogP contribution in [-0.4, -0.2) is 0 Å². The fraction of sp³-hybridized carbons (Fsp3) is 0.500. The van der Waals surface area contributed by atoms with Gasteiger partial charge in [0.25, 0.3) is 0 Å². The van der Waals surface area contributed by atoms with Gasteiger partial charge in [-0.1, -0.05) is 22.0 Å². The van der Waals surface area contributed by atoms with Crippen LogP contribution in [0.1, 0.15) is 25.7 Å². The molecular weight excluding hydrogens is 195 g/mol. The average Bonchev–Trinajstić information content (AvgIpc) is 2.05. The average molecular weight is 205 g/mol. The van der Waals surface area contributed by atoms with Crippen LogP contribution in [0, 0.1) is 0 Å². The first kappa shape index (κ1) is 7.99. The lowest BCUT2D eigenvalue weighted by Gasteiger charge is -2.09. The molecule has 0 radical (unpaired) electrons. The Bertz CT molecular complexity index is 170. The molecule has 0 saturated carbocycles. The van der Waals surface area contributed by atoms with Gasteiger partial charge in [0.05, 0.1) is 0 Å². The fourth-order valence-electron chi connectivity index (χ4n) is 1.13. The van der Waals surface area contributed by atoms with Crippen LogP contribution in [-0.2, 0) is 0 Å². The molecule has 0 heterocycles. The lowest BCUT2D eigenvalue weighted by Crippen LogP contribution is -1.91. The molecule has 1 rings (SSSR count). The molecule has 0 aliphatic heterocycles. The van der Waals surface area contributed by atoms with Crippen LogP contribution in [0.5, 0.6) is 0 Å². The van der Waals surface area contributed by atoms with E-state index in [1.165, 1.54) is 11.4 Å². The van der Waals surface area contributed by atoms with E-state index in [9.17, 15) is 4.39 Å². The summed E-state index contributed by atoms with van der Waals surface area (Å²) >= 11 is 2.97. The summed E-state index contributed by atoms with van der Waals surface area (Å²) in [6, 6.07) is 0. The van der Waals surface area contributed by atoms with Crippen molar-refractivity contribution < 1.29 is 4.39 Å². The van der Waals surface area contributed by atoms with Crippen molar-refractivity contribution in [2.45, 2.75) is 25.7 Å². The van der Waals surface area contributed by atoms with E-state index in [0.29, 0.717) is 0 Å². The maximum absolute atomic E-state index is 12.8. The maximum Gasteiger partial charge on any atom is 0.132 e. The largest absolute Gasteiger partial charge is 0.206 e. The minimum absolute atomic E-state index is 0.111. The quantitative estimate of drug-likeness (QED) is 0.612. The minimum Gasteiger partial charge on any atom is -0.206 e. The third-order valence-corrected chi connectivity index (χ3v) is 2.10. The lowest BCUT2D eigenvalue weighted by atomic mass is 9.99. The molecule has 0 saturated heterocycles. The number of rotatable bonds is 1. The Kier molecular flexibility index (Phi) is 3.13. The van der Waals surface area contributed by atoms with Gasteiger partial charge < -0.3 is 0 Å². The third-order valence-electron chi connectivity index (χ3n) is 1.69. The molecule has 0 atom stereocenters. The summed E-state index contributed by atoms with van der Waals surface area (Å²) in [5.41, 5.74) is 0.864. The summed E-state index contributed by atoms with van der Waals surface area (Å²) in [5, 5.41) is 0. The van der Waals surface area contributed by atoms with Gasteiger partial charge in [-0.15, -0.1) is 0 Å². The molecule has 0 fully saturated rings. The second-order valence-electron chi connectivity index (χ2n) is 2.43. The predicted octanol–water partition coefficient (Wildman–Crippen LogP) is 3.69. The molecule has 1 aliphatic carbocycles. The summed E-state index contributed by atoms with van der Waals surface area (Å²) in [6.45, 7) is 0. The topological polar surface area (TPSA) is 0 Å². The van der Waals surface area contributed by atoms with E-state index in [0.717, 1.165) is 24.8 Å². The van der Waals surface area contributed by atoms with E-state index in [1.807, 2.05) is 6.08 Å². The zero-order valence-electron chi connectivity index (χ0n) is 5.74. The van der Waals surface area contributed by atoms with E-state index in [-0.39, 0.29) is 5.83 Å². The van der Waals surface area contributed by atoms with Crippen LogP contribution in [0.2, 0.25) is 0 Å². The van der Waals surface area contributed by atoms with Gasteiger partial charge in [-0.25, -0.2) is 4.39 Å². The Morgan fingerprint density at radius 3 is 2.90 bits per heavy atom. The van der Waals surface area contributed by atoms with Crippen molar-refractivity contribution in [2.75, 3.05) is 0 Å². The fourth-order valence-corrected chi connectivity index (χ4v) is 1.42. The molecule has 0 aromatic rings. The van der Waals surface area contributed by atoms with Crippen molar-refractivity contribution in [2.24, 2.45) is 0 Å². The van der Waals surface area contributed by atoms with Crippen molar-refractivity contribution in [3.63, 3.8) is 0 Å². The van der Waals surface area contributed by atoms with Gasteiger partial charge in [0.1, 0.15) is 5.83 Å². The molecular formula is C8H10BrF. The van der Waals surface area contributed by atoms with Gasteiger partial charge in [-0.05, 0) is 31.3 Å². The smallest absolute Gasteiger partial charge is 0.132 e. The molecule has 0 N–H and O–H groups in total. The summed E-state index contributed by atoms with van der Waals surface area (Å²) in [6.07, 6.45) is 6.24. The highest BCUT2D eigenvalue weighted by Crippen LogP contribution is 2.24. The molecule has 2 heteroatoms. The van der Waals surface area contributed by atoms with E-state index < -0.39 is 0 Å². The van der Waals surface area contributed by atoms with E-state index >= 15 is 0 Å². The van der Waals surface area contributed by atoms with Crippen LogP contribution in [0.3, 0.4) is 0 Å². The molecule has 0 nitrogen and oxygen atoms in total. The first-order valence-electron chi connectivity index (χ1n) is 3.50. The number of halogens is 2. The van der Waals surface area contributed by atoms with Gasteiger partial charge in [-0.3, -0.25) is 0 Å². The second kappa shape index (κ2) is 3.91. The highest BCUT2D eigenvalue weighted by molar-refractivity contribution is 9.11. The van der Waals surface area contributed by atoms with Crippen LogP contribution in [0.25, 0.3) is 0 Å². The van der Waals surface area contributed by atoms with Crippen LogP contribution < -0.4 is 0 Å². The zero-order valence-corrected chi connectivity index (χ0v) is 7.33. The Hall–Kier alpha value is -0.110. The Morgan fingerprint density at radius 2 is 2.40 bits per heavy atom. The Balaban J connectivity index is 2.62. The van der Waals surface area contributed by atoms with E-state index in [4.69, 9.17) is 0 Å². The zero-order chi connectivity index (χ0) is 7.40. The van der Waals surface area contributed by atoms with Gasteiger partial charge in [0.15, 0.2) is 0 Å². The SMILES string of the molecule is F/C(=C\Br)C1=CCCCC1. The molecule has 0 spiro atoms. The molecule has 0 aromatic carbocycles. The Morgan fingerprint density at radius 1 is 1.60 bits per heavy atom. The molecule has 0 amide bonds. The van der Waals surface area contributed by atoms with Crippen molar-refractivity contribution in [3.05, 3.63) is 22.5 Å². The highest BCUT2D eigenvalue weighted by atomic mass is 79.9. The predicted molar refractivity (Wildman–Crippen MR) is 44.7 cm³/mol. The number of hydrogen-bond acceptors (Lipinski definition) is 0. The summed E-state index contributed by atoms with van der Waals surface area (Å²) in [4.78, 5) is 1.35. The molecule has 56 valence electrons. The maximum atomic E-state index is 12.8. The van der Waals surface area contributed by atoms with Gasteiger partial charge in [0, 0.05) is 4.99 Å². The summed E-state index contributed by atoms with van der Waals surface area (Å²) in [7, 11) is 0. The van der Waals surface area contributed by atoms with Crippen molar-refractivity contribution in [1.82, 2.24) is 0 Å². The van der Waals surface area contributed by atoms with Crippen LogP contribution >= 0.6 is 15.9 Å². The lowest BCUT2D eigenvalue weighted by molar-refractivity contribution is 0.610. The summed E-state index contributed by atoms with van der Waals surface area (Å²) < 4.78 is 12.8. The minimum atomic E-state index is -0.111. The van der Waals surface area contributed by atoms with Crippen molar-refractivity contribution >= 4 is 15.9 Å². The highest BCUT2D eigenvalue weighted by Gasteiger charge is 2.06. The molecule has 0 bridgehead atoms. The van der Waals surface area contributed by atoms with Crippen molar-refractivity contribution in [3.8, 4) is 0 Å². The normalized spacial score (nSPS) is 20.6. The van der Waals surface area contributed by atoms with Gasteiger partial charge in [0.2, 0.25) is 0 Å². The van der Waals surface area contributed by atoms with Gasteiger partial charge in [-0.2, -0.15) is 0 Å². The Labute approximate surface area is 68.9 Å². The third kappa shape index (κ3) is 1.94. The molecule has 1 aliphatic rings. The van der Waals surface area contributed by atoms with Crippen LogP contribution in [0.4, 0.5) is 4.39 Å². The molecule has 0 unspecified atom stereocenters. The first-order chi connectivity index (χ1) is 4.84. The second-order valence-corrected chi connectivity index (χ2v) is 2.89. The van der Waals surface area contributed by atoms with Crippen LogP contribution in [0.15, 0.2) is 22.5 Å².